The number of thiophene rings is 1. The van der Waals surface area contributed by atoms with Crippen molar-refractivity contribution in [3.05, 3.63) is 50.7 Å². The van der Waals surface area contributed by atoms with Crippen molar-refractivity contribution < 1.29 is 9.59 Å². The number of hydrogen-bond acceptors (Lipinski definition) is 4. The minimum Gasteiger partial charge on any atom is -0.340 e. The van der Waals surface area contributed by atoms with E-state index in [2.05, 4.69) is 34.7 Å². The molecule has 3 rings (SSSR count). The number of fused-ring (bicyclic) bond motifs is 1. The van der Waals surface area contributed by atoms with Gasteiger partial charge in [0.15, 0.2) is 0 Å². The fourth-order valence-corrected chi connectivity index (χ4v) is 4.31. The maximum absolute atomic E-state index is 12.8. The minimum atomic E-state index is -0.580. The van der Waals surface area contributed by atoms with Crippen LogP contribution in [0.1, 0.15) is 40.6 Å². The molecule has 0 fully saturated rings. The van der Waals surface area contributed by atoms with Gasteiger partial charge in [0.1, 0.15) is 6.04 Å². The second-order valence-corrected chi connectivity index (χ2v) is 8.91. The number of nitrogens with zero attached hydrogens (tertiary/aromatic N) is 1. The van der Waals surface area contributed by atoms with Crippen molar-refractivity contribution in [1.29, 1.82) is 0 Å². The van der Waals surface area contributed by atoms with E-state index in [1.54, 1.807) is 12.1 Å². The van der Waals surface area contributed by atoms with Crippen LogP contribution in [-0.4, -0.2) is 42.9 Å². The average molecular weight is 420 g/mol. The number of halogens is 1. The van der Waals surface area contributed by atoms with E-state index >= 15 is 0 Å². The molecule has 0 saturated heterocycles. The second-order valence-electron chi connectivity index (χ2n) is 7.19. The topological polar surface area (TPSA) is 61.4 Å². The minimum absolute atomic E-state index is 0.191. The highest BCUT2D eigenvalue weighted by molar-refractivity contribution is 7.18. The van der Waals surface area contributed by atoms with E-state index in [1.807, 2.05) is 13.0 Å². The third kappa shape index (κ3) is 5.34. The van der Waals surface area contributed by atoms with E-state index in [-0.39, 0.29) is 11.8 Å². The van der Waals surface area contributed by atoms with E-state index in [0.717, 1.165) is 38.0 Å². The largest absolute Gasteiger partial charge is 0.340 e. The molecule has 2 N–H and O–H groups in total. The van der Waals surface area contributed by atoms with Crippen molar-refractivity contribution in [3.8, 4) is 0 Å². The fourth-order valence-electron chi connectivity index (χ4n) is 3.37. The van der Waals surface area contributed by atoms with Gasteiger partial charge >= 0.3 is 0 Å². The summed E-state index contributed by atoms with van der Waals surface area (Å²) in [6, 6.07) is 8.90. The Kier molecular flexibility index (Phi) is 7.10. The lowest BCUT2D eigenvalue weighted by Crippen LogP contribution is -2.43. The molecule has 0 radical (unpaired) electrons. The molecule has 2 amide bonds. The Morgan fingerprint density at radius 2 is 1.93 bits per heavy atom. The Bertz CT molecular complexity index is 852. The zero-order chi connectivity index (χ0) is 20.1. The molecule has 1 aromatic heterocycles. The molecule has 1 aromatic carbocycles. The first-order valence-electron chi connectivity index (χ1n) is 9.63. The molecule has 5 nitrogen and oxygen atoms in total. The van der Waals surface area contributed by atoms with Crippen LogP contribution in [0.2, 0.25) is 4.34 Å². The van der Waals surface area contributed by atoms with Crippen molar-refractivity contribution in [2.75, 3.05) is 25.5 Å². The van der Waals surface area contributed by atoms with E-state index in [4.69, 9.17) is 11.6 Å². The molecule has 0 bridgehead atoms. The van der Waals surface area contributed by atoms with Crippen LogP contribution >= 0.6 is 22.9 Å². The molecular weight excluding hydrogens is 394 g/mol. The predicted octanol–water partition coefficient (Wildman–Crippen LogP) is 3.97. The van der Waals surface area contributed by atoms with E-state index < -0.39 is 6.04 Å². The lowest BCUT2D eigenvalue weighted by Gasteiger charge is -2.18. The van der Waals surface area contributed by atoms with Crippen LogP contribution < -0.4 is 10.6 Å². The molecular formula is C21H26ClN3O2S. The number of rotatable bonds is 6. The van der Waals surface area contributed by atoms with Gasteiger partial charge in [-0.25, -0.2) is 0 Å². The first kappa shape index (κ1) is 20.8. The Morgan fingerprint density at radius 3 is 2.61 bits per heavy atom. The highest BCUT2D eigenvalue weighted by Crippen LogP contribution is 2.22. The van der Waals surface area contributed by atoms with Crippen LogP contribution in [0.5, 0.6) is 0 Å². The third-order valence-corrected chi connectivity index (χ3v) is 6.23. The summed E-state index contributed by atoms with van der Waals surface area (Å²) in [7, 11) is 2.13. The molecule has 0 unspecified atom stereocenters. The molecule has 0 aliphatic carbocycles. The van der Waals surface area contributed by atoms with Gasteiger partial charge < -0.3 is 15.5 Å². The monoisotopic (exact) mass is 419 g/mol. The van der Waals surface area contributed by atoms with Gasteiger partial charge in [-0.3, -0.25) is 9.59 Å². The summed E-state index contributed by atoms with van der Waals surface area (Å²) in [6.07, 6.45) is 3.37. The number of hydrogen-bond donors (Lipinski definition) is 2. The van der Waals surface area contributed by atoms with Crippen LogP contribution in [-0.2, 0) is 17.6 Å². The maximum atomic E-state index is 12.8. The zero-order valence-electron chi connectivity index (χ0n) is 16.3. The summed E-state index contributed by atoms with van der Waals surface area (Å²) in [6.45, 7) is 4.06. The van der Waals surface area contributed by atoms with E-state index in [0.29, 0.717) is 15.6 Å². The lowest BCUT2D eigenvalue weighted by atomic mass is 10.0. The van der Waals surface area contributed by atoms with Crippen LogP contribution in [0.3, 0.4) is 0 Å². The summed E-state index contributed by atoms with van der Waals surface area (Å²) in [5.41, 5.74) is 3.41. The van der Waals surface area contributed by atoms with Crippen molar-refractivity contribution in [2.24, 2.45) is 0 Å². The molecule has 0 saturated carbocycles. The van der Waals surface area contributed by atoms with E-state index in [9.17, 15) is 9.59 Å². The van der Waals surface area contributed by atoms with Crippen molar-refractivity contribution in [2.45, 2.75) is 38.6 Å². The highest BCUT2D eigenvalue weighted by Gasteiger charge is 2.22. The second kappa shape index (κ2) is 9.54. The Hall–Kier alpha value is -1.89. The molecule has 150 valence electrons. The fraction of sp³-hybridized carbons (Fsp3) is 0.429. The SMILES string of the molecule is CCC[C@@H](NC(=O)c1ccc(Cl)s1)C(=O)Nc1ccc2c(c1)CCN(C)CC2. The number of carbonyl (C=O) groups excluding carboxylic acids is 2. The average Bonchev–Trinajstić information content (AvgIpc) is 3.02. The normalized spacial score (nSPS) is 15.4. The lowest BCUT2D eigenvalue weighted by molar-refractivity contribution is -0.118. The molecule has 2 aromatic rings. The Morgan fingerprint density at radius 1 is 1.18 bits per heavy atom. The predicted molar refractivity (Wildman–Crippen MR) is 115 cm³/mol. The summed E-state index contributed by atoms with van der Waals surface area (Å²) in [5, 5.41) is 5.82. The summed E-state index contributed by atoms with van der Waals surface area (Å²) in [4.78, 5) is 28.1. The number of amides is 2. The smallest absolute Gasteiger partial charge is 0.262 e. The summed E-state index contributed by atoms with van der Waals surface area (Å²) < 4.78 is 0.553. The molecule has 28 heavy (non-hydrogen) atoms. The number of nitrogens with one attached hydrogen (secondary N) is 2. The van der Waals surface area contributed by atoms with Gasteiger partial charge in [-0.05, 0) is 61.7 Å². The van der Waals surface area contributed by atoms with Gasteiger partial charge in [0, 0.05) is 18.8 Å². The van der Waals surface area contributed by atoms with Gasteiger partial charge in [-0.1, -0.05) is 31.0 Å². The first-order valence-corrected chi connectivity index (χ1v) is 10.8. The van der Waals surface area contributed by atoms with Gasteiger partial charge in [0.05, 0.1) is 9.21 Å². The number of carbonyl (C=O) groups is 2. The molecule has 1 atom stereocenters. The van der Waals surface area contributed by atoms with Gasteiger partial charge in [-0.2, -0.15) is 0 Å². The molecule has 2 heterocycles. The van der Waals surface area contributed by atoms with Gasteiger partial charge in [0.2, 0.25) is 5.91 Å². The molecule has 1 aliphatic heterocycles. The first-order chi connectivity index (χ1) is 13.5. The number of likely N-dealkylation sites (N-methyl/N-ethyl adjacent to an activating group) is 1. The van der Waals surface area contributed by atoms with Gasteiger partial charge in [-0.15, -0.1) is 11.3 Å². The van der Waals surface area contributed by atoms with Crippen LogP contribution in [0.4, 0.5) is 5.69 Å². The van der Waals surface area contributed by atoms with Crippen molar-refractivity contribution in [1.82, 2.24) is 10.2 Å². The van der Waals surface area contributed by atoms with Crippen molar-refractivity contribution in [3.63, 3.8) is 0 Å². The summed E-state index contributed by atoms with van der Waals surface area (Å²) >= 11 is 7.11. The van der Waals surface area contributed by atoms with Crippen LogP contribution in [0, 0.1) is 0 Å². The summed E-state index contributed by atoms with van der Waals surface area (Å²) in [5.74, 6) is -0.459. The van der Waals surface area contributed by atoms with Crippen LogP contribution in [0.15, 0.2) is 30.3 Å². The maximum Gasteiger partial charge on any atom is 0.262 e. The van der Waals surface area contributed by atoms with Crippen molar-refractivity contribution >= 4 is 40.4 Å². The van der Waals surface area contributed by atoms with Gasteiger partial charge in [0.25, 0.3) is 5.91 Å². The number of benzene rings is 1. The van der Waals surface area contributed by atoms with E-state index in [1.165, 1.54) is 22.5 Å². The van der Waals surface area contributed by atoms with Crippen LogP contribution in [0.25, 0.3) is 0 Å². The molecule has 0 spiro atoms. The third-order valence-electron chi connectivity index (χ3n) is 5.00. The quantitative estimate of drug-likeness (QED) is 0.744. The molecule has 1 aliphatic rings. The molecule has 7 heteroatoms. The highest BCUT2D eigenvalue weighted by atomic mass is 35.5. The standard InChI is InChI=1S/C21H26ClN3O2S/c1-3-4-17(24-21(27)18-7-8-19(22)28-18)20(26)23-16-6-5-14-9-11-25(2)12-10-15(14)13-16/h5-8,13,17H,3-4,9-12H2,1-2H3,(H,23,26)(H,24,27)/t17-/m1/s1. The zero-order valence-corrected chi connectivity index (χ0v) is 17.8. The Labute approximate surface area is 175 Å². The number of anilines is 1. The Balaban J connectivity index is 1.68.